The van der Waals surface area contributed by atoms with Crippen molar-refractivity contribution in [3.8, 4) is 11.5 Å². The lowest BCUT2D eigenvalue weighted by molar-refractivity contribution is 0.0770. The molecule has 6 heteroatoms. The predicted molar refractivity (Wildman–Crippen MR) is 111 cm³/mol. The first kappa shape index (κ1) is 22.5. The molecule has 0 saturated heterocycles. The molecule has 1 N–H and O–H groups in total. The van der Waals surface area contributed by atoms with Crippen molar-refractivity contribution in [3.05, 3.63) is 58.4 Å². The van der Waals surface area contributed by atoms with Crippen molar-refractivity contribution in [1.29, 1.82) is 0 Å². The summed E-state index contributed by atoms with van der Waals surface area (Å²) in [5.74, 6) is 0.686. The van der Waals surface area contributed by atoms with E-state index in [1.807, 2.05) is 32.9 Å². The summed E-state index contributed by atoms with van der Waals surface area (Å²) in [7, 11) is 0. The van der Waals surface area contributed by atoms with Crippen molar-refractivity contribution in [2.24, 2.45) is 0 Å². The quantitative estimate of drug-likeness (QED) is 0.479. The summed E-state index contributed by atoms with van der Waals surface area (Å²) >= 11 is 6.43. The molecular weight excluding hydrogens is 381 g/mol. The number of hydrogen-bond donors (Lipinski definition) is 1. The second-order valence-electron chi connectivity index (χ2n) is 6.67. The fourth-order valence-electron chi connectivity index (χ4n) is 2.64. The van der Waals surface area contributed by atoms with Crippen molar-refractivity contribution in [2.45, 2.75) is 46.4 Å². The van der Waals surface area contributed by atoms with Gasteiger partial charge in [-0.2, -0.15) is 0 Å². The van der Waals surface area contributed by atoms with Gasteiger partial charge in [-0.25, -0.2) is 4.39 Å². The van der Waals surface area contributed by atoms with Gasteiger partial charge in [0.05, 0.1) is 17.7 Å². The van der Waals surface area contributed by atoms with Crippen LogP contribution in [0.15, 0.2) is 36.4 Å². The maximum absolute atomic E-state index is 13.8. The smallest absolute Gasteiger partial charge is 0.180 e. The molecule has 0 aromatic heterocycles. The first-order valence-electron chi connectivity index (χ1n) is 9.65. The van der Waals surface area contributed by atoms with Gasteiger partial charge in [-0.3, -0.25) is 0 Å². The molecule has 2 aromatic carbocycles. The average Bonchev–Trinajstić information content (AvgIpc) is 2.65. The Kier molecular flexibility index (Phi) is 9.55. The minimum atomic E-state index is -0.307. The highest BCUT2D eigenvalue weighted by Gasteiger charge is 2.14. The molecule has 2 rings (SSSR count). The third-order valence-electron chi connectivity index (χ3n) is 3.98. The highest BCUT2D eigenvalue weighted by atomic mass is 35.5. The summed E-state index contributed by atoms with van der Waals surface area (Å²) in [5.41, 5.74) is 1.46. The first-order chi connectivity index (χ1) is 13.5. The molecule has 0 amide bonds. The minimum Gasteiger partial charge on any atom is -0.490 e. The Balaban J connectivity index is 1.97. The summed E-state index contributed by atoms with van der Waals surface area (Å²) in [4.78, 5) is 0. The SMILES string of the molecule is CCOc1cc(CNCCCOC(C)C)cc(Cl)c1OCc1ccccc1F. The van der Waals surface area contributed by atoms with E-state index in [9.17, 15) is 4.39 Å². The molecule has 154 valence electrons. The van der Waals surface area contributed by atoms with Crippen LogP contribution < -0.4 is 14.8 Å². The number of nitrogens with one attached hydrogen (secondary N) is 1. The van der Waals surface area contributed by atoms with Gasteiger partial charge in [0, 0.05) is 18.7 Å². The van der Waals surface area contributed by atoms with Crippen LogP contribution in [0.25, 0.3) is 0 Å². The minimum absolute atomic E-state index is 0.0832. The summed E-state index contributed by atoms with van der Waals surface area (Å²) in [6, 6.07) is 10.3. The zero-order valence-electron chi connectivity index (χ0n) is 16.8. The van der Waals surface area contributed by atoms with Gasteiger partial charge in [0.2, 0.25) is 0 Å². The summed E-state index contributed by atoms with van der Waals surface area (Å²) in [6.07, 6.45) is 1.19. The van der Waals surface area contributed by atoms with E-state index in [1.165, 1.54) is 6.07 Å². The third kappa shape index (κ3) is 7.30. The van der Waals surface area contributed by atoms with Gasteiger partial charge < -0.3 is 19.5 Å². The average molecular weight is 410 g/mol. The van der Waals surface area contributed by atoms with Crippen molar-refractivity contribution in [2.75, 3.05) is 19.8 Å². The van der Waals surface area contributed by atoms with Crippen LogP contribution in [-0.2, 0) is 17.9 Å². The maximum atomic E-state index is 13.8. The van der Waals surface area contributed by atoms with Crippen LogP contribution in [0.3, 0.4) is 0 Å². The van der Waals surface area contributed by atoms with E-state index < -0.39 is 0 Å². The molecule has 0 spiro atoms. The van der Waals surface area contributed by atoms with E-state index in [0.717, 1.165) is 25.1 Å². The molecule has 0 fully saturated rings. The lowest BCUT2D eigenvalue weighted by Gasteiger charge is -2.16. The van der Waals surface area contributed by atoms with Crippen LogP contribution in [0, 0.1) is 5.82 Å². The second-order valence-corrected chi connectivity index (χ2v) is 7.08. The molecule has 0 heterocycles. The van der Waals surface area contributed by atoms with Crippen LogP contribution in [0.4, 0.5) is 4.39 Å². The molecule has 0 unspecified atom stereocenters. The lowest BCUT2D eigenvalue weighted by atomic mass is 10.2. The van der Waals surface area contributed by atoms with Gasteiger partial charge in [0.1, 0.15) is 12.4 Å². The Hall–Kier alpha value is -1.82. The van der Waals surface area contributed by atoms with Crippen LogP contribution in [0.1, 0.15) is 38.3 Å². The number of benzene rings is 2. The van der Waals surface area contributed by atoms with Crippen molar-refractivity contribution >= 4 is 11.6 Å². The van der Waals surface area contributed by atoms with E-state index in [4.69, 9.17) is 25.8 Å². The molecule has 0 aliphatic heterocycles. The van der Waals surface area contributed by atoms with Crippen LogP contribution >= 0.6 is 11.6 Å². The Morgan fingerprint density at radius 1 is 1.14 bits per heavy atom. The molecule has 4 nitrogen and oxygen atoms in total. The van der Waals surface area contributed by atoms with E-state index in [2.05, 4.69) is 5.32 Å². The molecular formula is C22H29ClFNO3. The van der Waals surface area contributed by atoms with Gasteiger partial charge in [-0.05, 0) is 57.5 Å². The van der Waals surface area contributed by atoms with Crippen molar-refractivity contribution < 1.29 is 18.6 Å². The Morgan fingerprint density at radius 3 is 2.64 bits per heavy atom. The molecule has 0 bridgehead atoms. The molecule has 2 aromatic rings. The number of hydrogen-bond acceptors (Lipinski definition) is 4. The maximum Gasteiger partial charge on any atom is 0.180 e. The second kappa shape index (κ2) is 11.9. The molecule has 0 atom stereocenters. The van der Waals surface area contributed by atoms with Crippen LogP contribution in [-0.4, -0.2) is 25.9 Å². The number of halogens is 2. The first-order valence-corrected chi connectivity index (χ1v) is 10.0. The Bertz CT molecular complexity index is 740. The van der Waals surface area contributed by atoms with E-state index in [-0.39, 0.29) is 18.5 Å². The van der Waals surface area contributed by atoms with Crippen molar-refractivity contribution in [1.82, 2.24) is 5.32 Å². The molecule has 0 radical (unpaired) electrons. The highest BCUT2D eigenvalue weighted by Crippen LogP contribution is 2.37. The largest absolute Gasteiger partial charge is 0.490 e. The van der Waals surface area contributed by atoms with Gasteiger partial charge in [0.25, 0.3) is 0 Å². The van der Waals surface area contributed by atoms with Crippen LogP contribution in [0.5, 0.6) is 11.5 Å². The van der Waals surface area contributed by atoms with E-state index in [1.54, 1.807) is 18.2 Å². The normalized spacial score (nSPS) is 11.1. The fourth-order valence-corrected chi connectivity index (χ4v) is 2.93. The standard InChI is InChI=1S/C22H29ClFNO3/c1-4-26-21-13-17(14-25-10-7-11-27-16(2)3)12-19(23)22(21)28-15-18-8-5-6-9-20(18)24/h5-6,8-9,12-13,16,25H,4,7,10-11,14-15H2,1-3H3. The van der Waals surface area contributed by atoms with Crippen LogP contribution in [0.2, 0.25) is 5.02 Å². The molecule has 0 saturated carbocycles. The van der Waals surface area contributed by atoms with Gasteiger partial charge in [0.15, 0.2) is 11.5 Å². The number of ether oxygens (including phenoxy) is 3. The lowest BCUT2D eigenvalue weighted by Crippen LogP contribution is -2.17. The molecule has 28 heavy (non-hydrogen) atoms. The van der Waals surface area contributed by atoms with Gasteiger partial charge in [-0.15, -0.1) is 0 Å². The predicted octanol–water partition coefficient (Wildman–Crippen LogP) is 5.36. The monoisotopic (exact) mass is 409 g/mol. The topological polar surface area (TPSA) is 39.7 Å². The Morgan fingerprint density at radius 2 is 1.93 bits per heavy atom. The summed E-state index contributed by atoms with van der Waals surface area (Å²) in [5, 5.41) is 3.82. The summed E-state index contributed by atoms with van der Waals surface area (Å²) in [6.45, 7) is 8.76. The number of rotatable bonds is 12. The van der Waals surface area contributed by atoms with Crippen molar-refractivity contribution in [3.63, 3.8) is 0 Å². The highest BCUT2D eigenvalue weighted by molar-refractivity contribution is 6.32. The van der Waals surface area contributed by atoms with Gasteiger partial charge >= 0.3 is 0 Å². The zero-order chi connectivity index (χ0) is 20.4. The third-order valence-corrected chi connectivity index (χ3v) is 4.26. The Labute approximate surface area is 171 Å². The van der Waals surface area contributed by atoms with Gasteiger partial charge in [-0.1, -0.05) is 29.8 Å². The molecule has 0 aliphatic carbocycles. The van der Waals surface area contributed by atoms with E-state index in [0.29, 0.717) is 35.2 Å². The zero-order valence-corrected chi connectivity index (χ0v) is 17.5. The fraction of sp³-hybridized carbons (Fsp3) is 0.455. The van der Waals surface area contributed by atoms with E-state index >= 15 is 0 Å². The molecule has 0 aliphatic rings. The summed E-state index contributed by atoms with van der Waals surface area (Å²) < 4.78 is 30.8.